The molecule has 1 atom stereocenters. The second kappa shape index (κ2) is 4.29. The van der Waals surface area contributed by atoms with Gasteiger partial charge in [0.05, 0.1) is 0 Å². The molecule has 0 fully saturated rings. The van der Waals surface area contributed by atoms with Gasteiger partial charge in [-0.15, -0.1) is 6.58 Å². The Bertz CT molecular complexity index is 584. The maximum absolute atomic E-state index is 6.04. The van der Waals surface area contributed by atoms with Crippen molar-refractivity contribution in [1.29, 1.82) is 0 Å². The molecule has 1 aromatic carbocycles. The fourth-order valence-corrected chi connectivity index (χ4v) is 2.94. The lowest BCUT2D eigenvalue weighted by atomic mass is 9.92. The summed E-state index contributed by atoms with van der Waals surface area (Å²) in [7, 11) is 0. The predicted octanol–water partition coefficient (Wildman–Crippen LogP) is 3.46. The smallest absolute Gasteiger partial charge is 0.134 e. The zero-order chi connectivity index (χ0) is 12.6. The largest absolute Gasteiger partial charge is 0.461 e. The molecule has 1 aromatic heterocycles. The summed E-state index contributed by atoms with van der Waals surface area (Å²) in [6, 6.07) is 8.34. The fraction of sp³-hybridized carbons (Fsp3) is 0.375. The molecule has 2 heteroatoms. The molecule has 0 aliphatic carbocycles. The maximum Gasteiger partial charge on any atom is 0.134 e. The molecule has 0 saturated heterocycles. The zero-order valence-electron chi connectivity index (χ0n) is 10.8. The van der Waals surface area contributed by atoms with Crippen LogP contribution < -0.4 is 5.32 Å². The van der Waals surface area contributed by atoms with Gasteiger partial charge in [-0.25, -0.2) is 0 Å². The van der Waals surface area contributed by atoms with Gasteiger partial charge in [-0.2, -0.15) is 0 Å². The van der Waals surface area contributed by atoms with Crippen LogP contribution in [0.15, 0.2) is 41.3 Å². The van der Waals surface area contributed by atoms with Crippen LogP contribution >= 0.6 is 0 Å². The summed E-state index contributed by atoms with van der Waals surface area (Å²) in [5, 5.41) is 4.90. The number of furan rings is 1. The number of fused-ring (bicyclic) bond motifs is 3. The van der Waals surface area contributed by atoms with Crippen LogP contribution in [0.1, 0.15) is 24.7 Å². The van der Waals surface area contributed by atoms with Gasteiger partial charge in [-0.05, 0) is 32.4 Å². The third kappa shape index (κ3) is 1.87. The van der Waals surface area contributed by atoms with Crippen LogP contribution in [0.25, 0.3) is 11.0 Å². The summed E-state index contributed by atoms with van der Waals surface area (Å²) < 4.78 is 6.04. The maximum atomic E-state index is 6.04. The third-order valence-corrected chi connectivity index (χ3v) is 3.85. The van der Waals surface area contributed by atoms with Gasteiger partial charge in [0.2, 0.25) is 0 Å². The van der Waals surface area contributed by atoms with Gasteiger partial charge >= 0.3 is 0 Å². The van der Waals surface area contributed by atoms with Crippen molar-refractivity contribution < 1.29 is 4.42 Å². The molecule has 2 nitrogen and oxygen atoms in total. The van der Waals surface area contributed by atoms with E-state index < -0.39 is 0 Å². The first-order chi connectivity index (χ1) is 8.72. The predicted molar refractivity (Wildman–Crippen MR) is 74.8 cm³/mol. The average molecular weight is 241 g/mol. The van der Waals surface area contributed by atoms with Crippen LogP contribution in [0.4, 0.5) is 0 Å². The Morgan fingerprint density at radius 2 is 2.28 bits per heavy atom. The Labute approximate surface area is 108 Å². The number of hydrogen-bond donors (Lipinski definition) is 1. The van der Waals surface area contributed by atoms with E-state index in [1.807, 2.05) is 12.1 Å². The summed E-state index contributed by atoms with van der Waals surface area (Å²) >= 11 is 0. The molecular formula is C16H19NO. The van der Waals surface area contributed by atoms with Gasteiger partial charge in [-0.1, -0.05) is 24.3 Å². The highest BCUT2D eigenvalue weighted by Crippen LogP contribution is 2.31. The molecule has 18 heavy (non-hydrogen) atoms. The van der Waals surface area contributed by atoms with E-state index in [0.717, 1.165) is 37.2 Å². The topological polar surface area (TPSA) is 25.2 Å². The lowest BCUT2D eigenvalue weighted by molar-refractivity contribution is 0.346. The van der Waals surface area contributed by atoms with Crippen molar-refractivity contribution in [3.63, 3.8) is 0 Å². The molecule has 0 amide bonds. The van der Waals surface area contributed by atoms with Crippen LogP contribution in [0.2, 0.25) is 0 Å². The molecule has 0 saturated carbocycles. The van der Waals surface area contributed by atoms with Gasteiger partial charge in [-0.3, -0.25) is 0 Å². The van der Waals surface area contributed by atoms with E-state index in [4.69, 9.17) is 4.42 Å². The Morgan fingerprint density at radius 3 is 3.11 bits per heavy atom. The minimum absolute atomic E-state index is 0.0703. The standard InChI is InChI=1S/C16H19NO/c1-3-9-16(2)11-15-13(8-10-17-16)12-6-4-5-7-14(12)18-15/h3-7,17H,1,8-11H2,2H3. The monoisotopic (exact) mass is 241 g/mol. The normalized spacial score (nSPS) is 23.6. The molecule has 0 radical (unpaired) electrons. The second-order valence-electron chi connectivity index (χ2n) is 5.41. The van der Waals surface area contributed by atoms with Crippen molar-refractivity contribution in [3.05, 3.63) is 48.2 Å². The Morgan fingerprint density at radius 1 is 1.44 bits per heavy atom. The molecule has 2 heterocycles. The Kier molecular flexibility index (Phi) is 2.75. The minimum Gasteiger partial charge on any atom is -0.461 e. The summed E-state index contributed by atoms with van der Waals surface area (Å²) in [6.45, 7) is 7.11. The third-order valence-electron chi connectivity index (χ3n) is 3.85. The van der Waals surface area contributed by atoms with Crippen molar-refractivity contribution in [2.45, 2.75) is 31.7 Å². The molecule has 0 bridgehead atoms. The molecular weight excluding hydrogens is 222 g/mol. The molecule has 3 rings (SSSR count). The van der Waals surface area contributed by atoms with Crippen molar-refractivity contribution in [3.8, 4) is 0 Å². The first kappa shape index (κ1) is 11.5. The first-order valence-electron chi connectivity index (χ1n) is 6.57. The van der Waals surface area contributed by atoms with Crippen molar-refractivity contribution >= 4 is 11.0 Å². The number of nitrogens with one attached hydrogen (secondary N) is 1. The highest BCUT2D eigenvalue weighted by molar-refractivity contribution is 5.82. The van der Waals surface area contributed by atoms with Gasteiger partial charge < -0.3 is 9.73 Å². The van der Waals surface area contributed by atoms with E-state index in [-0.39, 0.29) is 5.54 Å². The van der Waals surface area contributed by atoms with E-state index in [9.17, 15) is 0 Å². The lowest BCUT2D eigenvalue weighted by Gasteiger charge is -2.27. The average Bonchev–Trinajstić information content (AvgIpc) is 2.58. The van der Waals surface area contributed by atoms with Crippen molar-refractivity contribution in [2.24, 2.45) is 0 Å². The molecule has 1 aliphatic rings. The van der Waals surface area contributed by atoms with Crippen LogP contribution in [0, 0.1) is 0 Å². The van der Waals surface area contributed by atoms with E-state index in [1.54, 1.807) is 0 Å². The van der Waals surface area contributed by atoms with E-state index in [1.165, 1.54) is 10.9 Å². The quantitative estimate of drug-likeness (QED) is 0.815. The first-order valence-corrected chi connectivity index (χ1v) is 6.57. The minimum atomic E-state index is 0.0703. The Balaban J connectivity index is 2.07. The van der Waals surface area contributed by atoms with Gasteiger partial charge in [0.1, 0.15) is 11.3 Å². The number of benzene rings is 1. The fourth-order valence-electron chi connectivity index (χ4n) is 2.94. The van der Waals surface area contributed by atoms with Crippen LogP contribution in [-0.4, -0.2) is 12.1 Å². The second-order valence-corrected chi connectivity index (χ2v) is 5.41. The molecule has 94 valence electrons. The number of rotatable bonds is 2. The summed E-state index contributed by atoms with van der Waals surface area (Å²) in [6.07, 6.45) is 4.92. The highest BCUT2D eigenvalue weighted by Gasteiger charge is 2.29. The van der Waals surface area contributed by atoms with Crippen LogP contribution in [0.3, 0.4) is 0 Å². The summed E-state index contributed by atoms with van der Waals surface area (Å²) in [5.74, 6) is 1.14. The molecule has 1 unspecified atom stereocenters. The van der Waals surface area contributed by atoms with E-state index in [2.05, 4.69) is 37.0 Å². The van der Waals surface area contributed by atoms with Crippen molar-refractivity contribution in [1.82, 2.24) is 5.32 Å². The molecule has 2 aromatic rings. The molecule has 1 aliphatic heterocycles. The molecule has 0 spiro atoms. The van der Waals surface area contributed by atoms with Crippen molar-refractivity contribution in [2.75, 3.05) is 6.54 Å². The van der Waals surface area contributed by atoms with Gasteiger partial charge in [0.15, 0.2) is 0 Å². The molecule has 1 N–H and O–H groups in total. The zero-order valence-corrected chi connectivity index (χ0v) is 10.8. The van der Waals surface area contributed by atoms with E-state index in [0.29, 0.717) is 0 Å². The Hall–Kier alpha value is -1.54. The lowest BCUT2D eigenvalue weighted by Crippen LogP contribution is -2.43. The van der Waals surface area contributed by atoms with Gasteiger partial charge in [0.25, 0.3) is 0 Å². The van der Waals surface area contributed by atoms with E-state index >= 15 is 0 Å². The van der Waals surface area contributed by atoms with Crippen LogP contribution in [0.5, 0.6) is 0 Å². The van der Waals surface area contributed by atoms with Gasteiger partial charge in [0, 0.05) is 22.9 Å². The summed E-state index contributed by atoms with van der Waals surface area (Å²) in [5.41, 5.74) is 2.47. The number of para-hydroxylation sites is 1. The highest BCUT2D eigenvalue weighted by atomic mass is 16.3. The SMILES string of the molecule is C=CCC1(C)Cc2oc3ccccc3c2CCN1. The number of hydrogen-bond acceptors (Lipinski definition) is 2. The summed E-state index contributed by atoms with van der Waals surface area (Å²) in [4.78, 5) is 0. The van der Waals surface area contributed by atoms with Crippen LogP contribution in [-0.2, 0) is 12.8 Å².